The molecule has 0 aromatic heterocycles. The van der Waals surface area contributed by atoms with Gasteiger partial charge >= 0.3 is 0 Å². The first-order valence-electron chi connectivity index (χ1n) is 6.48. The van der Waals surface area contributed by atoms with Crippen molar-refractivity contribution < 1.29 is 8.42 Å². The van der Waals surface area contributed by atoms with E-state index < -0.39 is 10.0 Å². The van der Waals surface area contributed by atoms with Crippen LogP contribution in [0.3, 0.4) is 0 Å². The van der Waals surface area contributed by atoms with Gasteiger partial charge in [0.2, 0.25) is 10.0 Å². The van der Waals surface area contributed by atoms with Gasteiger partial charge in [0.05, 0.1) is 15.8 Å². The molecule has 7 heteroatoms. The molecule has 20 heavy (non-hydrogen) atoms. The van der Waals surface area contributed by atoms with E-state index in [1.165, 1.54) is 0 Å². The first-order valence-corrected chi connectivity index (χ1v) is 8.89. The molecule has 4 nitrogen and oxygen atoms in total. The minimum absolute atomic E-state index is 0.0268. The SMILES string of the molecule is CN1CCC(NS(=O)(=O)Cc2ccc(Cl)c(Cl)c2)CC1. The summed E-state index contributed by atoms with van der Waals surface area (Å²) in [6.45, 7) is 1.83. The predicted molar refractivity (Wildman–Crippen MR) is 82.7 cm³/mol. The fourth-order valence-electron chi connectivity index (χ4n) is 2.27. The van der Waals surface area contributed by atoms with Crippen LogP contribution in [0.4, 0.5) is 0 Å². The molecule has 1 fully saturated rings. The van der Waals surface area contributed by atoms with Crippen molar-refractivity contribution in [3.8, 4) is 0 Å². The third kappa shape index (κ3) is 4.60. The van der Waals surface area contributed by atoms with Gasteiger partial charge in [-0.1, -0.05) is 29.3 Å². The van der Waals surface area contributed by atoms with Crippen LogP contribution in [0.2, 0.25) is 10.0 Å². The van der Waals surface area contributed by atoms with Crippen LogP contribution in [0, 0.1) is 0 Å². The predicted octanol–water partition coefficient (Wildman–Crippen LogP) is 2.51. The monoisotopic (exact) mass is 336 g/mol. The Labute approximate surface area is 130 Å². The van der Waals surface area contributed by atoms with E-state index in [-0.39, 0.29) is 11.8 Å². The zero-order valence-corrected chi connectivity index (χ0v) is 13.6. The van der Waals surface area contributed by atoms with Crippen molar-refractivity contribution in [3.05, 3.63) is 33.8 Å². The molecule has 0 saturated carbocycles. The van der Waals surface area contributed by atoms with Gasteiger partial charge < -0.3 is 4.90 Å². The first-order chi connectivity index (χ1) is 9.35. The topological polar surface area (TPSA) is 49.4 Å². The van der Waals surface area contributed by atoms with Crippen LogP contribution in [-0.4, -0.2) is 39.5 Å². The quantitative estimate of drug-likeness (QED) is 0.918. The van der Waals surface area contributed by atoms with E-state index >= 15 is 0 Å². The fourth-order valence-corrected chi connectivity index (χ4v) is 4.04. The van der Waals surface area contributed by atoms with Gasteiger partial charge in [0.15, 0.2) is 0 Å². The van der Waals surface area contributed by atoms with Gasteiger partial charge in [0, 0.05) is 6.04 Å². The lowest BCUT2D eigenvalue weighted by Crippen LogP contribution is -2.43. The van der Waals surface area contributed by atoms with Crippen molar-refractivity contribution >= 4 is 33.2 Å². The van der Waals surface area contributed by atoms with E-state index in [2.05, 4.69) is 9.62 Å². The average molecular weight is 337 g/mol. The zero-order chi connectivity index (χ0) is 14.8. The number of benzene rings is 1. The van der Waals surface area contributed by atoms with Crippen molar-refractivity contribution in [2.24, 2.45) is 0 Å². The van der Waals surface area contributed by atoms with Crippen LogP contribution in [0.5, 0.6) is 0 Å². The van der Waals surface area contributed by atoms with E-state index in [1.807, 2.05) is 7.05 Å². The Morgan fingerprint density at radius 1 is 1.25 bits per heavy atom. The van der Waals surface area contributed by atoms with Crippen LogP contribution in [-0.2, 0) is 15.8 Å². The molecular formula is C13H18Cl2N2O2S. The van der Waals surface area contributed by atoms with Gasteiger partial charge in [0.1, 0.15) is 0 Å². The molecule has 112 valence electrons. The Bertz CT molecular complexity index is 570. The molecule has 1 aromatic carbocycles. The van der Waals surface area contributed by atoms with Crippen molar-refractivity contribution in [2.45, 2.75) is 24.6 Å². The summed E-state index contributed by atoms with van der Waals surface area (Å²) in [5, 5.41) is 0.801. The molecule has 2 rings (SSSR count). The number of hydrogen-bond acceptors (Lipinski definition) is 3. The second-order valence-corrected chi connectivity index (χ2v) is 7.77. The lowest BCUT2D eigenvalue weighted by Gasteiger charge is -2.29. The first kappa shape index (κ1) is 16.0. The van der Waals surface area contributed by atoms with Crippen LogP contribution < -0.4 is 4.72 Å². The molecule has 0 radical (unpaired) electrons. The van der Waals surface area contributed by atoms with Gasteiger partial charge in [-0.05, 0) is 50.7 Å². The molecule has 1 aliphatic heterocycles. The summed E-state index contributed by atoms with van der Waals surface area (Å²) in [7, 11) is -1.31. The number of rotatable bonds is 4. The number of sulfonamides is 1. The third-order valence-corrected chi connectivity index (χ3v) is 5.55. The van der Waals surface area contributed by atoms with Gasteiger partial charge in [-0.3, -0.25) is 0 Å². The zero-order valence-electron chi connectivity index (χ0n) is 11.3. The maximum atomic E-state index is 12.1. The Balaban J connectivity index is 1.98. The van der Waals surface area contributed by atoms with Crippen molar-refractivity contribution in [3.63, 3.8) is 0 Å². The number of hydrogen-bond donors (Lipinski definition) is 1. The lowest BCUT2D eigenvalue weighted by molar-refractivity contribution is 0.248. The Morgan fingerprint density at radius 3 is 2.50 bits per heavy atom. The highest BCUT2D eigenvalue weighted by atomic mass is 35.5. The minimum atomic E-state index is -3.35. The van der Waals surface area contributed by atoms with Crippen molar-refractivity contribution in [2.75, 3.05) is 20.1 Å². The van der Waals surface area contributed by atoms with E-state index in [9.17, 15) is 8.42 Å². The number of nitrogens with one attached hydrogen (secondary N) is 1. The largest absolute Gasteiger partial charge is 0.306 e. The molecular weight excluding hydrogens is 319 g/mol. The molecule has 1 aliphatic rings. The molecule has 0 spiro atoms. The second-order valence-electron chi connectivity index (χ2n) is 5.20. The molecule has 0 bridgehead atoms. The van der Waals surface area contributed by atoms with Crippen LogP contribution in [0.1, 0.15) is 18.4 Å². The Kier molecular flexibility index (Phi) is 5.31. The standard InChI is InChI=1S/C13H18Cl2N2O2S/c1-17-6-4-11(5-7-17)16-20(18,19)9-10-2-3-12(14)13(15)8-10/h2-3,8,11,16H,4-7,9H2,1H3. The van der Waals surface area contributed by atoms with Crippen molar-refractivity contribution in [1.29, 1.82) is 0 Å². The average Bonchev–Trinajstić information content (AvgIpc) is 2.36. The molecule has 0 aliphatic carbocycles. The normalized spacial score (nSPS) is 18.4. The number of likely N-dealkylation sites (tertiary alicyclic amines) is 1. The molecule has 1 aromatic rings. The van der Waals surface area contributed by atoms with E-state index in [0.717, 1.165) is 25.9 Å². The highest BCUT2D eigenvalue weighted by Gasteiger charge is 2.22. The summed E-state index contributed by atoms with van der Waals surface area (Å²) >= 11 is 11.7. The summed E-state index contributed by atoms with van der Waals surface area (Å²) in [6.07, 6.45) is 1.69. The molecule has 0 atom stereocenters. The van der Waals surface area contributed by atoms with Crippen molar-refractivity contribution in [1.82, 2.24) is 9.62 Å². The van der Waals surface area contributed by atoms with Crippen LogP contribution in [0.25, 0.3) is 0 Å². The van der Waals surface area contributed by atoms with Gasteiger partial charge in [0.25, 0.3) is 0 Å². The highest BCUT2D eigenvalue weighted by Crippen LogP contribution is 2.23. The summed E-state index contributed by atoms with van der Waals surface area (Å²) in [6, 6.07) is 4.92. The molecule has 1 N–H and O–H groups in total. The fraction of sp³-hybridized carbons (Fsp3) is 0.538. The maximum Gasteiger partial charge on any atom is 0.216 e. The number of halogens is 2. The minimum Gasteiger partial charge on any atom is -0.306 e. The van der Waals surface area contributed by atoms with E-state index in [0.29, 0.717) is 15.6 Å². The van der Waals surface area contributed by atoms with Gasteiger partial charge in [-0.25, -0.2) is 13.1 Å². The third-order valence-electron chi connectivity index (χ3n) is 3.41. The maximum absolute atomic E-state index is 12.1. The Morgan fingerprint density at radius 2 is 1.90 bits per heavy atom. The summed E-state index contributed by atoms with van der Waals surface area (Å²) < 4.78 is 27.1. The molecule has 0 amide bonds. The van der Waals surface area contributed by atoms with E-state index in [1.54, 1.807) is 18.2 Å². The molecule has 1 heterocycles. The smallest absolute Gasteiger partial charge is 0.216 e. The lowest BCUT2D eigenvalue weighted by atomic mass is 10.1. The Hall–Kier alpha value is -0.330. The highest BCUT2D eigenvalue weighted by molar-refractivity contribution is 7.88. The summed E-state index contributed by atoms with van der Waals surface area (Å²) in [4.78, 5) is 2.20. The van der Waals surface area contributed by atoms with Crippen LogP contribution in [0.15, 0.2) is 18.2 Å². The second kappa shape index (κ2) is 6.62. The summed E-state index contributed by atoms with van der Waals surface area (Å²) in [5.74, 6) is -0.0732. The van der Waals surface area contributed by atoms with E-state index in [4.69, 9.17) is 23.2 Å². The molecule has 0 unspecified atom stereocenters. The van der Waals surface area contributed by atoms with Gasteiger partial charge in [-0.2, -0.15) is 0 Å². The van der Waals surface area contributed by atoms with Gasteiger partial charge in [-0.15, -0.1) is 0 Å². The number of nitrogens with zero attached hydrogens (tertiary/aromatic N) is 1. The summed E-state index contributed by atoms with van der Waals surface area (Å²) in [5.41, 5.74) is 0.639. The number of piperidine rings is 1. The molecule has 1 saturated heterocycles. The van der Waals surface area contributed by atoms with Crippen LogP contribution >= 0.6 is 23.2 Å².